The van der Waals surface area contributed by atoms with Crippen molar-refractivity contribution in [3.05, 3.63) is 54.4 Å². The Morgan fingerprint density at radius 3 is 2.29 bits per heavy atom. The lowest BCUT2D eigenvalue weighted by Gasteiger charge is -2.55. The summed E-state index contributed by atoms with van der Waals surface area (Å²) in [7, 11) is 6.61. The van der Waals surface area contributed by atoms with Crippen LogP contribution in [0, 0.1) is 11.8 Å². The molecule has 1 unspecified atom stereocenters. The summed E-state index contributed by atoms with van der Waals surface area (Å²) in [5.41, 5.74) is 11.1. The Morgan fingerprint density at radius 2 is 1.76 bits per heavy atom. The summed E-state index contributed by atoms with van der Waals surface area (Å²) in [5, 5.41) is 0. The van der Waals surface area contributed by atoms with Crippen molar-refractivity contribution in [1.29, 1.82) is 0 Å². The summed E-state index contributed by atoms with van der Waals surface area (Å²) >= 11 is 0. The van der Waals surface area contributed by atoms with E-state index in [4.69, 9.17) is 5.73 Å². The number of benzene rings is 1. The molecule has 2 N–H and O–H groups in total. The van der Waals surface area contributed by atoms with Crippen LogP contribution in [0.25, 0.3) is 0 Å². The topological polar surface area (TPSA) is 39.0 Å². The van der Waals surface area contributed by atoms with E-state index in [9.17, 15) is 0 Å². The van der Waals surface area contributed by atoms with E-state index < -0.39 is 0 Å². The molecule has 2 saturated heterocycles. The SMILES string of the molecule is C=C(N)C(C(C)C)N(C)Cc1ccc(N2CC3(CCCN3C(=C)C[C@H](C3CC3)N(C)C)C2)cc1. The molecule has 1 aliphatic carbocycles. The first-order valence-electron chi connectivity index (χ1n) is 13.2. The number of likely N-dealkylation sites (tertiary alicyclic amines) is 1. The average Bonchev–Trinajstić information content (AvgIpc) is 3.47. The van der Waals surface area contributed by atoms with Crippen LogP contribution in [0.3, 0.4) is 0 Å². The molecule has 2 atom stereocenters. The van der Waals surface area contributed by atoms with Crippen LogP contribution >= 0.6 is 0 Å². The van der Waals surface area contributed by atoms with Gasteiger partial charge in [-0.25, -0.2) is 0 Å². The van der Waals surface area contributed by atoms with Gasteiger partial charge in [0.05, 0.1) is 11.6 Å². The minimum absolute atomic E-state index is 0.198. The van der Waals surface area contributed by atoms with Gasteiger partial charge < -0.3 is 20.4 Å². The van der Waals surface area contributed by atoms with E-state index in [1.165, 1.54) is 49.2 Å². The molecule has 0 amide bonds. The fourth-order valence-electron chi connectivity index (χ4n) is 6.63. The normalized spacial score (nSPS) is 21.4. The van der Waals surface area contributed by atoms with E-state index in [1.54, 1.807) is 0 Å². The predicted molar refractivity (Wildman–Crippen MR) is 145 cm³/mol. The highest BCUT2D eigenvalue weighted by molar-refractivity contribution is 5.52. The van der Waals surface area contributed by atoms with Crippen LogP contribution in [0.15, 0.2) is 48.8 Å². The molecular formula is C29H47N5. The van der Waals surface area contributed by atoms with Crippen LogP contribution in [-0.2, 0) is 6.54 Å². The number of nitrogens with zero attached hydrogens (tertiary/aromatic N) is 4. The van der Waals surface area contributed by atoms with Crippen molar-refractivity contribution in [3.8, 4) is 0 Å². The molecule has 188 valence electrons. The molecule has 1 saturated carbocycles. The van der Waals surface area contributed by atoms with Gasteiger partial charge in [0.2, 0.25) is 0 Å². The molecule has 3 fully saturated rings. The van der Waals surface area contributed by atoms with Crippen molar-refractivity contribution < 1.29 is 0 Å². The second-order valence-electron chi connectivity index (χ2n) is 11.8. The van der Waals surface area contributed by atoms with Gasteiger partial charge in [-0.05, 0) is 76.4 Å². The lowest BCUT2D eigenvalue weighted by atomic mass is 9.85. The summed E-state index contributed by atoms with van der Waals surface area (Å²) in [6, 6.07) is 9.98. The van der Waals surface area contributed by atoms with Crippen molar-refractivity contribution >= 4 is 5.69 Å². The number of hydrogen-bond donors (Lipinski definition) is 1. The molecule has 5 heteroatoms. The molecule has 0 bridgehead atoms. The van der Waals surface area contributed by atoms with Crippen LogP contribution in [0.2, 0.25) is 0 Å². The van der Waals surface area contributed by atoms with Crippen LogP contribution < -0.4 is 10.6 Å². The number of nitrogens with two attached hydrogens (primary N) is 1. The van der Waals surface area contributed by atoms with E-state index in [-0.39, 0.29) is 6.04 Å². The molecule has 0 aromatic heterocycles. The minimum Gasteiger partial charge on any atom is -0.401 e. The minimum atomic E-state index is 0.198. The van der Waals surface area contributed by atoms with Crippen LogP contribution in [-0.4, -0.2) is 73.1 Å². The Morgan fingerprint density at radius 1 is 1.12 bits per heavy atom. The number of rotatable bonds is 11. The summed E-state index contributed by atoms with van der Waals surface area (Å²) in [4.78, 5) is 9.95. The molecule has 1 aromatic carbocycles. The molecule has 1 spiro atoms. The van der Waals surface area contributed by atoms with Crippen molar-refractivity contribution in [2.24, 2.45) is 17.6 Å². The van der Waals surface area contributed by atoms with Crippen LogP contribution in [0.5, 0.6) is 0 Å². The fraction of sp³-hybridized carbons (Fsp3) is 0.655. The maximum Gasteiger partial charge on any atom is 0.0748 e. The lowest BCUT2D eigenvalue weighted by molar-refractivity contribution is 0.127. The predicted octanol–water partition coefficient (Wildman–Crippen LogP) is 4.51. The Bertz CT molecular complexity index is 861. The zero-order chi connectivity index (χ0) is 24.6. The van der Waals surface area contributed by atoms with E-state index in [2.05, 4.69) is 92.0 Å². The maximum absolute atomic E-state index is 6.07. The second-order valence-corrected chi connectivity index (χ2v) is 11.8. The number of hydrogen-bond acceptors (Lipinski definition) is 5. The van der Waals surface area contributed by atoms with Gasteiger partial charge in [0.15, 0.2) is 0 Å². The molecule has 0 radical (unpaired) electrons. The summed E-state index contributed by atoms with van der Waals surface area (Å²) in [6.07, 6.45) is 6.48. The zero-order valence-corrected chi connectivity index (χ0v) is 22.3. The van der Waals surface area contributed by atoms with Gasteiger partial charge in [-0.3, -0.25) is 4.90 Å². The highest BCUT2D eigenvalue weighted by Crippen LogP contribution is 2.44. The van der Waals surface area contributed by atoms with Gasteiger partial charge in [0, 0.05) is 55.7 Å². The molecular weight excluding hydrogens is 418 g/mol. The van der Waals surface area contributed by atoms with E-state index in [1.807, 2.05) is 0 Å². The third-order valence-corrected chi connectivity index (χ3v) is 8.44. The highest BCUT2D eigenvalue weighted by atomic mass is 15.4. The first-order chi connectivity index (χ1) is 16.1. The molecule has 1 aromatic rings. The Hall–Kier alpha value is -1.98. The quantitative estimate of drug-likeness (QED) is 0.520. The van der Waals surface area contributed by atoms with Crippen molar-refractivity contribution in [1.82, 2.24) is 14.7 Å². The molecule has 5 nitrogen and oxygen atoms in total. The van der Waals surface area contributed by atoms with Crippen LogP contribution in [0.4, 0.5) is 5.69 Å². The van der Waals surface area contributed by atoms with Gasteiger partial charge in [0.25, 0.3) is 0 Å². The first kappa shape index (κ1) is 25.1. The molecule has 2 heterocycles. The van der Waals surface area contributed by atoms with Gasteiger partial charge in [0.1, 0.15) is 0 Å². The third-order valence-electron chi connectivity index (χ3n) is 8.44. The standard InChI is InChI=1S/C29H47N5/c1-21(2)28(23(4)30)32(7)18-24-9-13-26(14-10-24)33-19-29(20-33)15-8-16-34(29)22(3)17-27(31(5)6)25-11-12-25/h9-10,13-14,21,25,27-28H,3-4,8,11-12,15-20,30H2,1-2,5-7H3/t27-,28?/m1/s1. The number of likely N-dealkylation sites (N-methyl/N-ethyl adjacent to an activating group) is 1. The lowest BCUT2D eigenvalue weighted by Crippen LogP contribution is -2.67. The van der Waals surface area contributed by atoms with Crippen LogP contribution in [0.1, 0.15) is 51.5 Å². The second kappa shape index (κ2) is 9.94. The summed E-state index contributed by atoms with van der Waals surface area (Å²) in [5.74, 6) is 1.32. The smallest absolute Gasteiger partial charge is 0.0748 e. The number of anilines is 1. The largest absolute Gasteiger partial charge is 0.401 e. The van der Waals surface area contributed by atoms with Gasteiger partial charge in [-0.15, -0.1) is 0 Å². The highest BCUT2D eigenvalue weighted by Gasteiger charge is 2.51. The van der Waals surface area contributed by atoms with Crippen molar-refractivity contribution in [2.75, 3.05) is 45.7 Å². The summed E-state index contributed by atoms with van der Waals surface area (Å²) in [6.45, 7) is 17.3. The Balaban J connectivity index is 1.34. The van der Waals surface area contributed by atoms with E-state index in [0.29, 0.717) is 17.5 Å². The fourth-order valence-corrected chi connectivity index (χ4v) is 6.63. The van der Waals surface area contributed by atoms with Gasteiger partial charge in [-0.1, -0.05) is 39.1 Å². The zero-order valence-electron chi connectivity index (χ0n) is 22.3. The monoisotopic (exact) mass is 465 g/mol. The average molecular weight is 466 g/mol. The Kier molecular flexibility index (Phi) is 7.35. The van der Waals surface area contributed by atoms with Crippen molar-refractivity contribution in [2.45, 2.75) is 70.1 Å². The molecule has 3 aliphatic rings. The third kappa shape index (κ3) is 5.16. The van der Waals surface area contributed by atoms with Gasteiger partial charge in [-0.2, -0.15) is 0 Å². The summed E-state index contributed by atoms with van der Waals surface area (Å²) < 4.78 is 0. The van der Waals surface area contributed by atoms with E-state index in [0.717, 1.165) is 37.7 Å². The van der Waals surface area contributed by atoms with Crippen molar-refractivity contribution in [3.63, 3.8) is 0 Å². The maximum atomic E-state index is 6.07. The molecule has 4 rings (SSSR count). The van der Waals surface area contributed by atoms with Gasteiger partial charge >= 0.3 is 0 Å². The molecule has 34 heavy (non-hydrogen) atoms. The van der Waals surface area contributed by atoms with E-state index >= 15 is 0 Å². The molecule has 2 aliphatic heterocycles. The Labute approximate surface area is 208 Å². The first-order valence-corrected chi connectivity index (χ1v) is 13.2.